The molecule has 0 spiro atoms. The van der Waals surface area contributed by atoms with E-state index in [1.807, 2.05) is 12.2 Å². The number of rotatable bonds is 14. The molecule has 2 fully saturated rings. The maximum absolute atomic E-state index is 15.3. The van der Waals surface area contributed by atoms with Crippen molar-refractivity contribution in [3.63, 3.8) is 0 Å². The van der Waals surface area contributed by atoms with Crippen molar-refractivity contribution >= 4 is 61.3 Å². The normalized spacial score (nSPS) is 29.0. The Kier molecular flexibility index (Phi) is 11.6. The van der Waals surface area contributed by atoms with Crippen LogP contribution in [-0.4, -0.2) is 99.2 Å². The maximum atomic E-state index is 15.3. The van der Waals surface area contributed by atoms with Crippen LogP contribution in [0.2, 0.25) is 0 Å². The highest BCUT2D eigenvalue weighted by Gasteiger charge is 2.49. The first-order chi connectivity index (χ1) is 23.2. The Morgan fingerprint density at radius 3 is 1.54 bits per heavy atom. The Bertz CT molecular complexity index is 1700. The van der Waals surface area contributed by atoms with Gasteiger partial charge in [0.05, 0.1) is 37.3 Å². The largest absolute Gasteiger partial charge is 0.394 e. The van der Waals surface area contributed by atoms with Crippen molar-refractivity contribution in [2.45, 2.75) is 74.9 Å². The molecular weight excluding hydrogens is 716 g/mol. The lowest BCUT2D eigenvalue weighted by molar-refractivity contribution is -0.0427. The van der Waals surface area contributed by atoms with E-state index >= 15 is 8.78 Å². The van der Waals surface area contributed by atoms with Gasteiger partial charge in [0, 0.05) is 0 Å². The van der Waals surface area contributed by atoms with E-state index in [9.17, 15) is 19.3 Å². The molecule has 2 saturated heterocycles. The number of alkyl halides is 2. The Morgan fingerprint density at radius 1 is 0.750 bits per heavy atom. The van der Waals surface area contributed by atoms with Gasteiger partial charge in [0.25, 0.3) is 0 Å². The smallest absolute Gasteiger partial charge is 0.243 e. The Balaban J connectivity index is 1.07. The predicted octanol–water partition coefficient (Wildman–Crippen LogP) is 2.95. The number of imidazole rings is 2. The van der Waals surface area contributed by atoms with Gasteiger partial charge in [0.15, 0.2) is 36.1 Å². The van der Waals surface area contributed by atoms with Gasteiger partial charge in [-0.25, -0.2) is 38.7 Å². The summed E-state index contributed by atoms with van der Waals surface area (Å²) in [6.45, 7) is -1.07. The lowest BCUT2D eigenvalue weighted by atomic mass is 10.1. The molecule has 48 heavy (non-hydrogen) atoms. The van der Waals surface area contributed by atoms with Crippen LogP contribution in [0.5, 0.6) is 0 Å². The number of fused-ring (bicyclic) bond motifs is 2. The summed E-state index contributed by atoms with van der Waals surface area (Å²) in [5, 5.41) is 19.2. The minimum absolute atomic E-state index is 0.342. The van der Waals surface area contributed by atoms with E-state index < -0.39 is 76.9 Å². The van der Waals surface area contributed by atoms with Crippen molar-refractivity contribution in [1.82, 2.24) is 39.0 Å². The molecule has 260 valence electrons. The molecule has 4 aromatic rings. The van der Waals surface area contributed by atoms with Crippen LogP contribution in [0.4, 0.5) is 8.78 Å². The molecule has 22 heteroatoms. The lowest BCUT2D eigenvalue weighted by Crippen LogP contribution is -2.31. The zero-order chi connectivity index (χ0) is 33.9. The minimum Gasteiger partial charge on any atom is -0.394 e. The fourth-order valence-electron chi connectivity index (χ4n) is 5.86. The van der Waals surface area contributed by atoms with E-state index in [2.05, 4.69) is 54.4 Å². The second kappa shape index (κ2) is 15.7. The molecule has 2 aliphatic rings. The summed E-state index contributed by atoms with van der Waals surface area (Å²) in [6.07, 6.45) is 1.20. The molecule has 0 aromatic carbocycles. The molecule has 5 unspecified atom stereocenters. The summed E-state index contributed by atoms with van der Waals surface area (Å²) in [7, 11) is -5.55. The van der Waals surface area contributed by atoms with E-state index in [-0.39, 0.29) is 0 Å². The number of allylic oxidation sites excluding steroid dienone is 2. The monoisotopic (exact) mass is 748 g/mol. The van der Waals surface area contributed by atoms with Gasteiger partial charge in [0.2, 0.25) is 14.5 Å². The summed E-state index contributed by atoms with van der Waals surface area (Å²) < 4.78 is 77.8. The zero-order valence-corrected chi connectivity index (χ0v) is 28.7. The van der Waals surface area contributed by atoms with Crippen LogP contribution in [0.15, 0.2) is 37.5 Å². The van der Waals surface area contributed by atoms with Gasteiger partial charge in [-0.1, -0.05) is 36.6 Å². The fourth-order valence-corrected chi connectivity index (χ4v) is 7.62. The maximum Gasteiger partial charge on any atom is 0.243 e. The van der Waals surface area contributed by atoms with Crippen LogP contribution in [0, 0.1) is 0 Å². The Morgan fingerprint density at radius 2 is 1.17 bits per heavy atom. The molecule has 0 amide bonds. The molecule has 10 atom stereocenters. The number of ether oxygens (including phenoxy) is 2. The first-order valence-corrected chi connectivity index (χ1v) is 20.0. The van der Waals surface area contributed by atoms with Gasteiger partial charge in [-0.05, 0) is 25.7 Å². The molecule has 6 rings (SSSR count). The van der Waals surface area contributed by atoms with Crippen LogP contribution in [0.3, 0.4) is 0 Å². The predicted molar refractivity (Wildman–Crippen MR) is 174 cm³/mol. The van der Waals surface area contributed by atoms with E-state index in [1.54, 1.807) is 0 Å². The van der Waals surface area contributed by atoms with Crippen molar-refractivity contribution in [2.24, 2.45) is 0 Å². The van der Waals surface area contributed by atoms with E-state index in [0.29, 0.717) is 59.4 Å². The van der Waals surface area contributed by atoms with E-state index in [4.69, 9.17) is 18.5 Å². The third-order valence-corrected chi connectivity index (χ3v) is 9.63. The Hall–Kier alpha value is -2.38. The molecule has 16 nitrogen and oxygen atoms in total. The molecule has 2 N–H and O–H groups in total. The quantitative estimate of drug-likeness (QED) is 0.0834. The van der Waals surface area contributed by atoms with Crippen LogP contribution in [-0.2, 0) is 40.5 Å². The summed E-state index contributed by atoms with van der Waals surface area (Å²) in [4.78, 5) is 26.0. The van der Waals surface area contributed by atoms with Gasteiger partial charge in [0.1, 0.15) is 48.1 Å². The van der Waals surface area contributed by atoms with Gasteiger partial charge < -0.3 is 28.7 Å². The van der Waals surface area contributed by atoms with Gasteiger partial charge >= 0.3 is 0 Å². The van der Waals surface area contributed by atoms with Crippen LogP contribution < -0.4 is 0 Å². The van der Waals surface area contributed by atoms with Crippen molar-refractivity contribution in [2.75, 3.05) is 13.2 Å². The zero-order valence-electron chi connectivity index (χ0n) is 24.9. The lowest BCUT2D eigenvalue weighted by Gasteiger charge is -2.16. The number of aryl methyl sites for hydroxylation is 2. The minimum atomic E-state index is -2.78. The standard InChI is InChI=1S/C26H32F2N8O8P2S2/c27-17-21(43-45(39)47)15(7-37)41-25(17)35-11-33-19-13(29-9-31-23(19)35)5-3-1-2-4-6-14-20-24(32-10-30-14)36(12-34-20)26-18(28)22(44-46(40)48)16(8-38)42-26/h1-2,9-12,15-18,21-22,25-26,37-38,45-46H,3-8H2,(H,39,47)(H,40,48)/b2-1+/t15-,16?,17-,18-,21-,22-,25?,26?/m1/s1. The second-order valence-corrected chi connectivity index (χ2v) is 14.6. The molecule has 0 bridgehead atoms. The van der Waals surface area contributed by atoms with Crippen molar-refractivity contribution < 1.29 is 46.6 Å². The summed E-state index contributed by atoms with van der Waals surface area (Å²) >= 11 is 7.44. The first kappa shape index (κ1) is 35.4. The SMILES string of the molecule is O=[PH](S)O[C@@H]1[C@@H](CO)OC(n2cnc3c(CC/C=C/CCc4ncnc5c4ncn5C4OC(CO)[C@@H](O[PH](=O)S)[C@H]4F)ncnc32)[C@@H]1F. The highest BCUT2D eigenvalue weighted by atomic mass is 32.7. The number of aromatic nitrogens is 8. The molecule has 0 radical (unpaired) electrons. The number of halogens is 2. The number of aliphatic hydroxyl groups excluding tert-OH is 2. The van der Waals surface area contributed by atoms with Gasteiger partial charge in [-0.2, -0.15) is 0 Å². The third-order valence-electron chi connectivity index (χ3n) is 8.05. The van der Waals surface area contributed by atoms with Crippen LogP contribution in [0.1, 0.15) is 36.7 Å². The topological polar surface area (TPSA) is 199 Å². The van der Waals surface area contributed by atoms with Crippen molar-refractivity contribution in [3.8, 4) is 0 Å². The summed E-state index contributed by atoms with van der Waals surface area (Å²) in [6, 6.07) is 0. The number of hydrogen-bond donors (Lipinski definition) is 4. The van der Waals surface area contributed by atoms with E-state index in [1.165, 1.54) is 34.4 Å². The number of thiol groups is 2. The summed E-state index contributed by atoms with van der Waals surface area (Å²) in [5.41, 5.74) is 2.91. The molecule has 0 aliphatic carbocycles. The average Bonchev–Trinajstić information content (AvgIpc) is 3.83. The van der Waals surface area contributed by atoms with Gasteiger partial charge in [-0.15, -0.1) is 0 Å². The third kappa shape index (κ3) is 7.24. The highest BCUT2D eigenvalue weighted by molar-refractivity contribution is 8.39. The molecule has 0 saturated carbocycles. The van der Waals surface area contributed by atoms with Crippen LogP contribution >= 0.6 is 39.0 Å². The molecule has 2 aliphatic heterocycles. The number of hydrogen-bond acceptors (Lipinski definition) is 14. The van der Waals surface area contributed by atoms with E-state index in [0.717, 1.165) is 0 Å². The molecule has 6 heterocycles. The highest BCUT2D eigenvalue weighted by Crippen LogP contribution is 2.42. The summed E-state index contributed by atoms with van der Waals surface area (Å²) in [5.74, 6) is 0. The van der Waals surface area contributed by atoms with Crippen molar-refractivity contribution in [3.05, 3.63) is 48.8 Å². The number of aliphatic hydroxyl groups is 2. The van der Waals surface area contributed by atoms with Crippen molar-refractivity contribution in [1.29, 1.82) is 0 Å². The molecule has 4 aromatic heterocycles. The van der Waals surface area contributed by atoms with Gasteiger partial charge in [-0.3, -0.25) is 18.3 Å². The first-order valence-electron chi connectivity index (χ1n) is 14.8. The fraction of sp³-hybridized carbons (Fsp3) is 0.538. The van der Waals surface area contributed by atoms with Crippen LogP contribution in [0.25, 0.3) is 22.3 Å². The Labute approximate surface area is 283 Å². The molecular formula is C26H32F2N8O8P2S2. The second-order valence-electron chi connectivity index (χ2n) is 10.9. The number of nitrogens with zero attached hydrogens (tertiary/aromatic N) is 8. The average molecular weight is 749 g/mol.